The summed E-state index contributed by atoms with van der Waals surface area (Å²) in [7, 11) is 0. The second-order valence-electron chi connectivity index (χ2n) is 3.68. The van der Waals surface area contributed by atoms with Crippen molar-refractivity contribution >= 4 is 11.6 Å². The Bertz CT molecular complexity index is 384. The minimum Gasteiger partial charge on any atom is -0.272 e. The van der Waals surface area contributed by atoms with Crippen molar-refractivity contribution in [2.45, 2.75) is 19.8 Å². The quantitative estimate of drug-likeness (QED) is 0.799. The van der Waals surface area contributed by atoms with E-state index in [0.29, 0.717) is 0 Å². The van der Waals surface area contributed by atoms with Gasteiger partial charge in [0.1, 0.15) is 0 Å². The van der Waals surface area contributed by atoms with Crippen LogP contribution in [0.3, 0.4) is 0 Å². The number of benzene rings is 1. The number of hydrogen-bond acceptors (Lipinski definition) is 2. The highest BCUT2D eigenvalue weighted by molar-refractivity contribution is 6.16. The topological polar surface area (TPSA) is 41.5 Å². The number of nitrogens with one attached hydrogen (secondary N) is 1. The van der Waals surface area contributed by atoms with Crippen LogP contribution in [0.25, 0.3) is 0 Å². The largest absolute Gasteiger partial charge is 0.272 e. The lowest BCUT2D eigenvalue weighted by atomic mass is 9.93. The van der Waals surface area contributed by atoms with E-state index < -0.39 is 0 Å². The lowest BCUT2D eigenvalue weighted by Crippen LogP contribution is -2.23. The first-order chi connectivity index (χ1) is 7.33. The summed E-state index contributed by atoms with van der Waals surface area (Å²) in [6.07, 6.45) is 1.85. The molecule has 0 aromatic heterocycles. The molecular formula is C12H14N2O. The van der Waals surface area contributed by atoms with Crippen molar-refractivity contribution in [3.8, 4) is 0 Å². The molecule has 1 aromatic rings. The smallest absolute Gasteiger partial charge is 0.249 e. The molecule has 0 unspecified atom stereocenters. The summed E-state index contributed by atoms with van der Waals surface area (Å²) in [5.41, 5.74) is 4.47. The van der Waals surface area contributed by atoms with Crippen LogP contribution in [0.2, 0.25) is 0 Å². The standard InChI is InChI=1S/C12H14N2O/c1-2-6-10-11(13-14-12(10)15)9-7-4-3-5-8-9/h3-5,7-8,10H,2,6H2,1H3,(H,14,15)/t10-/m1/s1. The SMILES string of the molecule is CCC[C@H]1C(=O)NN=C1c1ccccc1. The van der Waals surface area contributed by atoms with Crippen LogP contribution in [0, 0.1) is 5.92 Å². The monoisotopic (exact) mass is 202 g/mol. The van der Waals surface area contributed by atoms with E-state index in [1.165, 1.54) is 0 Å². The minimum absolute atomic E-state index is 0.0238. The zero-order chi connectivity index (χ0) is 10.7. The van der Waals surface area contributed by atoms with Crippen LogP contribution >= 0.6 is 0 Å². The predicted octanol–water partition coefficient (Wildman–Crippen LogP) is 1.94. The molecule has 1 heterocycles. The van der Waals surface area contributed by atoms with Gasteiger partial charge < -0.3 is 0 Å². The zero-order valence-electron chi connectivity index (χ0n) is 8.73. The Hall–Kier alpha value is -1.64. The van der Waals surface area contributed by atoms with Gasteiger partial charge >= 0.3 is 0 Å². The maximum absolute atomic E-state index is 11.5. The third kappa shape index (κ3) is 1.91. The predicted molar refractivity (Wildman–Crippen MR) is 59.5 cm³/mol. The van der Waals surface area contributed by atoms with E-state index in [4.69, 9.17) is 0 Å². The zero-order valence-corrected chi connectivity index (χ0v) is 8.73. The average Bonchev–Trinajstić information content (AvgIpc) is 2.63. The summed E-state index contributed by atoms with van der Waals surface area (Å²) >= 11 is 0. The van der Waals surface area contributed by atoms with Crippen LogP contribution < -0.4 is 5.43 Å². The number of hydrogen-bond donors (Lipinski definition) is 1. The number of nitrogens with zero attached hydrogens (tertiary/aromatic N) is 1. The van der Waals surface area contributed by atoms with Gasteiger partial charge in [-0.3, -0.25) is 4.79 Å². The van der Waals surface area contributed by atoms with Crippen molar-refractivity contribution in [2.24, 2.45) is 11.0 Å². The average molecular weight is 202 g/mol. The molecule has 3 nitrogen and oxygen atoms in total. The van der Waals surface area contributed by atoms with E-state index in [0.717, 1.165) is 24.1 Å². The number of carbonyl (C=O) groups is 1. The fourth-order valence-corrected chi connectivity index (χ4v) is 1.83. The van der Waals surface area contributed by atoms with Crippen LogP contribution in [0.4, 0.5) is 0 Å². The summed E-state index contributed by atoms with van der Waals surface area (Å²) in [6.45, 7) is 2.08. The van der Waals surface area contributed by atoms with Crippen LogP contribution in [-0.2, 0) is 4.79 Å². The van der Waals surface area contributed by atoms with Crippen LogP contribution in [0.1, 0.15) is 25.3 Å². The van der Waals surface area contributed by atoms with Crippen molar-refractivity contribution in [1.29, 1.82) is 0 Å². The maximum Gasteiger partial charge on any atom is 0.249 e. The molecule has 0 aliphatic carbocycles. The summed E-state index contributed by atoms with van der Waals surface area (Å²) < 4.78 is 0. The van der Waals surface area contributed by atoms with Gasteiger partial charge in [0.25, 0.3) is 0 Å². The Kier molecular flexibility index (Phi) is 2.81. The Morgan fingerprint density at radius 1 is 1.33 bits per heavy atom. The van der Waals surface area contributed by atoms with Crippen LogP contribution in [0.5, 0.6) is 0 Å². The molecule has 3 heteroatoms. The number of rotatable bonds is 3. The normalized spacial score (nSPS) is 19.9. The lowest BCUT2D eigenvalue weighted by molar-refractivity contribution is -0.122. The van der Waals surface area contributed by atoms with Gasteiger partial charge in [-0.2, -0.15) is 5.10 Å². The molecule has 0 radical (unpaired) electrons. The van der Waals surface area contributed by atoms with Crippen molar-refractivity contribution in [2.75, 3.05) is 0 Å². The molecule has 0 saturated heterocycles. The van der Waals surface area contributed by atoms with E-state index in [9.17, 15) is 4.79 Å². The molecule has 0 fully saturated rings. The molecule has 0 spiro atoms. The van der Waals surface area contributed by atoms with E-state index in [-0.39, 0.29) is 11.8 Å². The summed E-state index contributed by atoms with van der Waals surface area (Å²) in [5.74, 6) is -0.0481. The lowest BCUT2D eigenvalue weighted by Gasteiger charge is -2.08. The molecule has 1 atom stereocenters. The van der Waals surface area contributed by atoms with E-state index in [1.54, 1.807) is 0 Å². The highest BCUT2D eigenvalue weighted by atomic mass is 16.2. The Balaban J connectivity index is 2.26. The number of amides is 1. The van der Waals surface area contributed by atoms with E-state index in [2.05, 4.69) is 17.5 Å². The molecule has 1 aliphatic rings. The Morgan fingerprint density at radius 3 is 2.73 bits per heavy atom. The molecular weight excluding hydrogens is 188 g/mol. The van der Waals surface area contributed by atoms with Gasteiger partial charge in [0.2, 0.25) is 5.91 Å². The summed E-state index contributed by atoms with van der Waals surface area (Å²) in [6, 6.07) is 9.86. The van der Waals surface area contributed by atoms with Gasteiger partial charge in [-0.1, -0.05) is 43.7 Å². The maximum atomic E-state index is 11.5. The van der Waals surface area contributed by atoms with Gasteiger partial charge in [0.05, 0.1) is 11.6 Å². The molecule has 15 heavy (non-hydrogen) atoms. The van der Waals surface area contributed by atoms with E-state index in [1.807, 2.05) is 30.3 Å². The van der Waals surface area contributed by atoms with Gasteiger partial charge in [0.15, 0.2) is 0 Å². The molecule has 0 bridgehead atoms. The Morgan fingerprint density at radius 2 is 2.07 bits per heavy atom. The highest BCUT2D eigenvalue weighted by Gasteiger charge is 2.29. The molecule has 1 amide bonds. The minimum atomic E-state index is -0.0719. The fourth-order valence-electron chi connectivity index (χ4n) is 1.83. The second kappa shape index (κ2) is 4.26. The van der Waals surface area contributed by atoms with Crippen LogP contribution in [0.15, 0.2) is 35.4 Å². The first-order valence-electron chi connectivity index (χ1n) is 5.25. The van der Waals surface area contributed by atoms with Crippen molar-refractivity contribution in [1.82, 2.24) is 5.43 Å². The summed E-state index contributed by atoms with van der Waals surface area (Å²) in [5, 5.41) is 4.10. The molecule has 0 saturated carbocycles. The third-order valence-corrected chi connectivity index (χ3v) is 2.58. The van der Waals surface area contributed by atoms with Gasteiger partial charge in [0, 0.05) is 0 Å². The highest BCUT2D eigenvalue weighted by Crippen LogP contribution is 2.19. The van der Waals surface area contributed by atoms with Crippen molar-refractivity contribution in [3.63, 3.8) is 0 Å². The number of carbonyl (C=O) groups excluding carboxylic acids is 1. The van der Waals surface area contributed by atoms with Crippen molar-refractivity contribution in [3.05, 3.63) is 35.9 Å². The first-order valence-corrected chi connectivity index (χ1v) is 5.25. The van der Waals surface area contributed by atoms with Gasteiger partial charge in [-0.05, 0) is 12.0 Å². The molecule has 1 N–H and O–H groups in total. The molecule has 2 rings (SSSR count). The summed E-state index contributed by atoms with van der Waals surface area (Å²) in [4.78, 5) is 11.5. The van der Waals surface area contributed by atoms with Crippen LogP contribution in [-0.4, -0.2) is 11.6 Å². The van der Waals surface area contributed by atoms with E-state index >= 15 is 0 Å². The van der Waals surface area contributed by atoms with Gasteiger partial charge in [-0.25, -0.2) is 5.43 Å². The molecule has 1 aromatic carbocycles. The third-order valence-electron chi connectivity index (χ3n) is 2.58. The second-order valence-corrected chi connectivity index (χ2v) is 3.68. The van der Waals surface area contributed by atoms with Crippen molar-refractivity contribution < 1.29 is 4.79 Å². The first kappa shape index (κ1) is 9.90. The Labute approximate surface area is 89.2 Å². The fraction of sp³-hybridized carbons (Fsp3) is 0.333. The molecule has 78 valence electrons. The number of hydrazone groups is 1. The van der Waals surface area contributed by atoms with Gasteiger partial charge in [-0.15, -0.1) is 0 Å². The molecule has 1 aliphatic heterocycles.